The van der Waals surface area contributed by atoms with E-state index in [9.17, 15) is 14.0 Å². The molecule has 2 aromatic carbocycles. The number of ether oxygens (including phenoxy) is 1. The number of benzene rings is 2. The molecule has 0 aliphatic carbocycles. The normalized spacial score (nSPS) is 15.8. The molecule has 2 aromatic rings. The number of anilines is 1. The minimum atomic E-state index is -0.610. The van der Waals surface area contributed by atoms with Gasteiger partial charge in [-0.3, -0.25) is 9.69 Å². The van der Waals surface area contributed by atoms with E-state index in [2.05, 4.69) is 0 Å². The first kappa shape index (κ1) is 17.9. The van der Waals surface area contributed by atoms with Crippen LogP contribution in [0.2, 0.25) is 5.02 Å². The topological polar surface area (TPSA) is 46.6 Å². The highest BCUT2D eigenvalue weighted by molar-refractivity contribution is 6.30. The van der Waals surface area contributed by atoms with Gasteiger partial charge >= 0.3 is 5.97 Å². The van der Waals surface area contributed by atoms with Crippen molar-refractivity contribution in [1.82, 2.24) is 0 Å². The number of allylic oxidation sites excluding steroid dienone is 1. The van der Waals surface area contributed by atoms with E-state index in [-0.39, 0.29) is 22.9 Å². The summed E-state index contributed by atoms with van der Waals surface area (Å²) in [7, 11) is 1.26. The molecule has 0 bridgehead atoms. The van der Waals surface area contributed by atoms with Gasteiger partial charge < -0.3 is 4.74 Å². The average molecular weight is 372 g/mol. The Labute approximate surface area is 155 Å². The molecule has 6 heteroatoms. The van der Waals surface area contributed by atoms with Crippen LogP contribution in [0.25, 0.3) is 6.08 Å². The molecule has 0 N–H and O–H groups in total. The zero-order valence-electron chi connectivity index (χ0n) is 14.1. The Hall–Kier alpha value is -2.92. The average Bonchev–Trinajstić information content (AvgIpc) is 2.87. The lowest BCUT2D eigenvalue weighted by Gasteiger charge is -2.17. The molecule has 0 fully saturated rings. The SMILES string of the molecule is COC(=O)C1=C(C)N(c2ccc(Cl)cc2)C(=O)/C1=C\c1ccc(F)cc1. The summed E-state index contributed by atoms with van der Waals surface area (Å²) < 4.78 is 18.0. The van der Waals surface area contributed by atoms with E-state index in [1.54, 1.807) is 37.3 Å². The Morgan fingerprint density at radius 1 is 1.12 bits per heavy atom. The number of methoxy groups -OCH3 is 1. The number of esters is 1. The van der Waals surface area contributed by atoms with Gasteiger partial charge in [-0.1, -0.05) is 23.7 Å². The van der Waals surface area contributed by atoms with E-state index in [1.807, 2.05) is 0 Å². The van der Waals surface area contributed by atoms with Crippen LogP contribution in [-0.2, 0) is 14.3 Å². The lowest BCUT2D eigenvalue weighted by molar-refractivity contribution is -0.136. The van der Waals surface area contributed by atoms with Crippen molar-refractivity contribution in [2.24, 2.45) is 0 Å². The minimum absolute atomic E-state index is 0.178. The van der Waals surface area contributed by atoms with Gasteiger partial charge in [-0.2, -0.15) is 0 Å². The van der Waals surface area contributed by atoms with Gasteiger partial charge in [-0.05, 0) is 55.0 Å². The molecule has 0 radical (unpaired) electrons. The highest BCUT2D eigenvalue weighted by atomic mass is 35.5. The Bertz CT molecular complexity index is 931. The summed E-state index contributed by atoms with van der Waals surface area (Å²) >= 11 is 5.91. The summed E-state index contributed by atoms with van der Waals surface area (Å²) in [6, 6.07) is 12.4. The predicted octanol–water partition coefficient (Wildman–Crippen LogP) is 4.36. The Kier molecular flexibility index (Phi) is 4.91. The molecule has 0 unspecified atom stereocenters. The van der Waals surface area contributed by atoms with E-state index in [0.717, 1.165) is 0 Å². The molecule has 0 spiro atoms. The van der Waals surface area contributed by atoms with Crippen molar-refractivity contribution in [3.05, 3.63) is 81.8 Å². The Morgan fingerprint density at radius 3 is 2.31 bits per heavy atom. The molecule has 4 nitrogen and oxygen atoms in total. The van der Waals surface area contributed by atoms with E-state index in [1.165, 1.54) is 36.3 Å². The highest BCUT2D eigenvalue weighted by Gasteiger charge is 2.37. The van der Waals surface area contributed by atoms with Gasteiger partial charge in [0.15, 0.2) is 0 Å². The van der Waals surface area contributed by atoms with Crippen LogP contribution in [0, 0.1) is 5.82 Å². The van der Waals surface area contributed by atoms with Crippen LogP contribution in [0.4, 0.5) is 10.1 Å². The number of nitrogens with zero attached hydrogens (tertiary/aromatic N) is 1. The van der Waals surface area contributed by atoms with Crippen LogP contribution in [0.3, 0.4) is 0 Å². The van der Waals surface area contributed by atoms with Crippen molar-refractivity contribution in [3.63, 3.8) is 0 Å². The third kappa shape index (κ3) is 3.26. The molecule has 1 amide bonds. The van der Waals surface area contributed by atoms with Gasteiger partial charge in [-0.25, -0.2) is 9.18 Å². The molecule has 3 rings (SSSR count). The van der Waals surface area contributed by atoms with Crippen molar-refractivity contribution < 1.29 is 18.7 Å². The number of carbonyl (C=O) groups excluding carboxylic acids is 2. The molecule has 26 heavy (non-hydrogen) atoms. The van der Waals surface area contributed by atoms with Gasteiger partial charge in [-0.15, -0.1) is 0 Å². The molecule has 132 valence electrons. The van der Waals surface area contributed by atoms with Gasteiger partial charge in [0.1, 0.15) is 5.82 Å². The second-order valence-corrected chi connectivity index (χ2v) is 6.11. The standard InChI is InChI=1S/C20H15ClFNO3/c1-12-18(20(25)26-2)17(11-13-3-7-15(22)8-4-13)19(24)23(12)16-9-5-14(21)6-10-16/h3-11H,1-2H3/b17-11-. The number of amides is 1. The molecule has 0 aromatic heterocycles. The number of halogens is 2. The number of hydrogen-bond donors (Lipinski definition) is 0. The molecular formula is C20H15ClFNO3. The maximum absolute atomic E-state index is 13.1. The van der Waals surface area contributed by atoms with Crippen LogP contribution in [0.5, 0.6) is 0 Å². The zero-order chi connectivity index (χ0) is 18.8. The van der Waals surface area contributed by atoms with Gasteiger partial charge in [0.05, 0.1) is 18.3 Å². The third-order valence-electron chi connectivity index (χ3n) is 4.06. The maximum Gasteiger partial charge on any atom is 0.340 e. The molecule has 0 atom stereocenters. The fraction of sp³-hybridized carbons (Fsp3) is 0.100. The first-order chi connectivity index (χ1) is 12.4. The zero-order valence-corrected chi connectivity index (χ0v) is 14.9. The van der Waals surface area contributed by atoms with Crippen molar-refractivity contribution in [2.75, 3.05) is 12.0 Å². The van der Waals surface area contributed by atoms with E-state index >= 15 is 0 Å². The second-order valence-electron chi connectivity index (χ2n) is 5.68. The minimum Gasteiger partial charge on any atom is -0.465 e. The summed E-state index contributed by atoms with van der Waals surface area (Å²) in [5, 5.41) is 0.539. The summed E-state index contributed by atoms with van der Waals surface area (Å²) in [5.74, 6) is -1.36. The second kappa shape index (κ2) is 7.14. The van der Waals surface area contributed by atoms with Crippen LogP contribution >= 0.6 is 11.6 Å². The predicted molar refractivity (Wildman–Crippen MR) is 98.0 cm³/mol. The summed E-state index contributed by atoms with van der Waals surface area (Å²) in [6.07, 6.45) is 1.55. The molecule has 0 saturated heterocycles. The first-order valence-electron chi connectivity index (χ1n) is 7.79. The van der Waals surface area contributed by atoms with Gasteiger partial charge in [0.25, 0.3) is 5.91 Å². The molecule has 1 heterocycles. The van der Waals surface area contributed by atoms with Crippen molar-refractivity contribution in [1.29, 1.82) is 0 Å². The lowest BCUT2D eigenvalue weighted by Crippen LogP contribution is -2.24. The summed E-state index contributed by atoms with van der Waals surface area (Å²) in [6.45, 7) is 1.67. The van der Waals surface area contributed by atoms with Crippen LogP contribution in [-0.4, -0.2) is 19.0 Å². The lowest BCUT2D eigenvalue weighted by atomic mass is 10.0. The maximum atomic E-state index is 13.1. The number of carbonyl (C=O) groups is 2. The fourth-order valence-corrected chi connectivity index (χ4v) is 2.93. The molecular weight excluding hydrogens is 357 g/mol. The number of hydrogen-bond acceptors (Lipinski definition) is 3. The summed E-state index contributed by atoms with van der Waals surface area (Å²) in [4.78, 5) is 26.7. The highest BCUT2D eigenvalue weighted by Crippen LogP contribution is 2.35. The Balaban J connectivity index is 2.12. The van der Waals surface area contributed by atoms with Crippen molar-refractivity contribution in [3.8, 4) is 0 Å². The molecule has 0 saturated carbocycles. The number of rotatable bonds is 3. The van der Waals surface area contributed by atoms with Gasteiger partial charge in [0.2, 0.25) is 0 Å². The van der Waals surface area contributed by atoms with Crippen LogP contribution in [0.1, 0.15) is 12.5 Å². The smallest absolute Gasteiger partial charge is 0.340 e. The van der Waals surface area contributed by atoms with Gasteiger partial charge in [0, 0.05) is 16.4 Å². The third-order valence-corrected chi connectivity index (χ3v) is 4.31. The first-order valence-corrected chi connectivity index (χ1v) is 8.17. The quantitative estimate of drug-likeness (QED) is 0.595. The summed E-state index contributed by atoms with van der Waals surface area (Å²) in [5.41, 5.74) is 2.01. The van der Waals surface area contributed by atoms with E-state index in [0.29, 0.717) is 22.0 Å². The fourth-order valence-electron chi connectivity index (χ4n) is 2.81. The van der Waals surface area contributed by atoms with Crippen LogP contribution in [0.15, 0.2) is 65.4 Å². The largest absolute Gasteiger partial charge is 0.465 e. The molecule has 1 aliphatic heterocycles. The monoisotopic (exact) mass is 371 g/mol. The molecule has 1 aliphatic rings. The van der Waals surface area contributed by atoms with Crippen LogP contribution < -0.4 is 4.90 Å². The van der Waals surface area contributed by atoms with Crippen molar-refractivity contribution >= 4 is 35.2 Å². The van der Waals surface area contributed by atoms with E-state index in [4.69, 9.17) is 16.3 Å². The van der Waals surface area contributed by atoms with E-state index < -0.39 is 5.97 Å². The van der Waals surface area contributed by atoms with Crippen molar-refractivity contribution in [2.45, 2.75) is 6.92 Å². The Morgan fingerprint density at radius 2 is 1.73 bits per heavy atom.